The lowest BCUT2D eigenvalue weighted by molar-refractivity contribution is 0.246. The van der Waals surface area contributed by atoms with E-state index < -0.39 is 0 Å². The minimum Gasteiger partial charge on any atom is -0.362 e. The molecule has 2 amide bonds. The van der Waals surface area contributed by atoms with Gasteiger partial charge in [0, 0.05) is 37.9 Å². The highest BCUT2D eigenvalue weighted by atomic mass is 16.2. The number of nitrogens with zero attached hydrogens (tertiary/aromatic N) is 3. The Balaban J connectivity index is 1.26. The molecule has 4 rings (SSSR count). The predicted octanol–water partition coefficient (Wildman–Crippen LogP) is 4.52. The van der Waals surface area contributed by atoms with Crippen LogP contribution >= 0.6 is 0 Å². The summed E-state index contributed by atoms with van der Waals surface area (Å²) in [6.45, 7) is 2.71. The fourth-order valence-corrected chi connectivity index (χ4v) is 4.82. The molecule has 3 N–H and O–H groups in total. The van der Waals surface area contributed by atoms with Gasteiger partial charge in [0.25, 0.3) is 0 Å². The van der Waals surface area contributed by atoms with Crippen LogP contribution in [0.15, 0.2) is 24.3 Å². The molecular weight excluding hydrogens is 400 g/mol. The van der Waals surface area contributed by atoms with Gasteiger partial charge in [-0.2, -0.15) is 4.98 Å². The van der Waals surface area contributed by atoms with E-state index in [1.165, 1.54) is 24.1 Å². The van der Waals surface area contributed by atoms with Crippen LogP contribution in [0.1, 0.15) is 55.3 Å². The first-order chi connectivity index (χ1) is 15.5. The van der Waals surface area contributed by atoms with Gasteiger partial charge in [-0.05, 0) is 75.8 Å². The molecule has 32 heavy (non-hydrogen) atoms. The fraction of sp³-hybridized carbons (Fsp3) is 0.560. The maximum Gasteiger partial charge on any atom is 0.319 e. The first kappa shape index (κ1) is 22.4. The van der Waals surface area contributed by atoms with Gasteiger partial charge in [0.2, 0.25) is 5.95 Å². The number of nitrogens with one attached hydrogen (secondary N) is 3. The number of urea groups is 1. The van der Waals surface area contributed by atoms with Gasteiger partial charge in [-0.15, -0.1) is 0 Å². The predicted molar refractivity (Wildman–Crippen MR) is 131 cm³/mol. The number of hydrogen-bond donors (Lipinski definition) is 3. The minimum absolute atomic E-state index is 0.127. The molecule has 0 saturated heterocycles. The summed E-state index contributed by atoms with van der Waals surface area (Å²) in [6, 6.07) is 8.10. The molecule has 0 radical (unpaired) electrons. The van der Waals surface area contributed by atoms with Crippen LogP contribution in [-0.2, 0) is 12.8 Å². The molecule has 1 aromatic heterocycles. The standard InChI is InChI=1S/C25H36N6O/c1-17-8-4-6-10-21(17)29-25(32)26-16-18-12-14-19(15-13-18)27-24-28-22-11-7-5-9-20(22)23(30-24)31(2)3/h4,6,8,10,18-19H,5,7,9,11-16H2,1-3H3,(H2,26,29,32)(H,27,28,30). The van der Waals surface area contributed by atoms with Gasteiger partial charge >= 0.3 is 6.03 Å². The largest absolute Gasteiger partial charge is 0.362 e. The van der Waals surface area contributed by atoms with Crippen LogP contribution in [-0.4, -0.2) is 42.7 Å². The van der Waals surface area contributed by atoms with Crippen LogP contribution in [0.4, 0.5) is 22.2 Å². The van der Waals surface area contributed by atoms with Crippen LogP contribution < -0.4 is 20.9 Å². The Labute approximate surface area is 191 Å². The number of rotatable bonds is 6. The molecule has 1 heterocycles. The van der Waals surface area contributed by atoms with Gasteiger partial charge in [-0.1, -0.05) is 18.2 Å². The van der Waals surface area contributed by atoms with E-state index in [4.69, 9.17) is 9.97 Å². The summed E-state index contributed by atoms with van der Waals surface area (Å²) in [5.74, 6) is 2.35. The Hall–Kier alpha value is -2.83. The van der Waals surface area contributed by atoms with Crippen molar-refractivity contribution in [3.05, 3.63) is 41.1 Å². The molecule has 0 spiro atoms. The molecule has 7 nitrogen and oxygen atoms in total. The molecule has 2 aliphatic carbocycles. The van der Waals surface area contributed by atoms with Crippen molar-refractivity contribution in [3.8, 4) is 0 Å². The lowest BCUT2D eigenvalue weighted by Crippen LogP contribution is -2.36. The summed E-state index contributed by atoms with van der Waals surface area (Å²) in [7, 11) is 4.13. The monoisotopic (exact) mass is 436 g/mol. The number of carbonyl (C=O) groups is 1. The first-order valence-electron chi connectivity index (χ1n) is 11.9. The number of para-hydroxylation sites is 1. The maximum atomic E-state index is 12.3. The van der Waals surface area contributed by atoms with Crippen molar-refractivity contribution < 1.29 is 4.79 Å². The molecule has 7 heteroatoms. The van der Waals surface area contributed by atoms with Crippen molar-refractivity contribution in [1.82, 2.24) is 15.3 Å². The topological polar surface area (TPSA) is 82.2 Å². The molecule has 0 aliphatic heterocycles. The molecule has 0 atom stereocenters. The Morgan fingerprint density at radius 3 is 2.56 bits per heavy atom. The zero-order chi connectivity index (χ0) is 22.5. The van der Waals surface area contributed by atoms with Gasteiger partial charge in [0.1, 0.15) is 5.82 Å². The summed E-state index contributed by atoms with van der Waals surface area (Å²) in [5.41, 5.74) is 4.47. The quantitative estimate of drug-likeness (QED) is 0.620. The second-order valence-electron chi connectivity index (χ2n) is 9.41. The van der Waals surface area contributed by atoms with E-state index in [1.807, 2.05) is 31.2 Å². The van der Waals surface area contributed by atoms with Crippen molar-refractivity contribution in [1.29, 1.82) is 0 Å². The van der Waals surface area contributed by atoms with E-state index in [0.717, 1.165) is 61.5 Å². The lowest BCUT2D eigenvalue weighted by atomic mass is 9.86. The Bertz CT molecular complexity index is 936. The number of aromatic nitrogens is 2. The molecule has 0 bridgehead atoms. The minimum atomic E-state index is -0.127. The zero-order valence-corrected chi connectivity index (χ0v) is 19.6. The Kier molecular flexibility index (Phi) is 7.12. The van der Waals surface area contributed by atoms with Crippen molar-refractivity contribution in [3.63, 3.8) is 0 Å². The lowest BCUT2D eigenvalue weighted by Gasteiger charge is -2.30. The molecule has 0 unspecified atom stereocenters. The highest BCUT2D eigenvalue weighted by Crippen LogP contribution is 2.30. The number of hydrogen-bond acceptors (Lipinski definition) is 5. The summed E-state index contributed by atoms with van der Waals surface area (Å²) in [4.78, 5) is 24.1. The summed E-state index contributed by atoms with van der Waals surface area (Å²) in [6.07, 6.45) is 8.90. The van der Waals surface area contributed by atoms with E-state index in [2.05, 4.69) is 34.9 Å². The molecule has 1 fully saturated rings. The highest BCUT2D eigenvalue weighted by molar-refractivity contribution is 5.89. The van der Waals surface area contributed by atoms with E-state index in [0.29, 0.717) is 18.5 Å². The molecule has 2 aromatic rings. The van der Waals surface area contributed by atoms with Crippen LogP contribution in [0, 0.1) is 12.8 Å². The van der Waals surface area contributed by atoms with Crippen LogP contribution in [0.3, 0.4) is 0 Å². The normalized spacial score (nSPS) is 20.2. The third-order valence-corrected chi connectivity index (χ3v) is 6.71. The van der Waals surface area contributed by atoms with Crippen molar-refractivity contribution >= 4 is 23.5 Å². The smallest absolute Gasteiger partial charge is 0.319 e. The van der Waals surface area contributed by atoms with E-state index in [1.54, 1.807) is 0 Å². The molecular formula is C25H36N6O. The van der Waals surface area contributed by atoms with E-state index >= 15 is 0 Å². The van der Waals surface area contributed by atoms with Crippen molar-refractivity contribution in [2.75, 3.05) is 36.2 Å². The molecule has 1 saturated carbocycles. The highest BCUT2D eigenvalue weighted by Gasteiger charge is 2.24. The zero-order valence-electron chi connectivity index (χ0n) is 19.6. The third-order valence-electron chi connectivity index (χ3n) is 6.71. The molecule has 172 valence electrons. The van der Waals surface area contributed by atoms with Crippen LogP contribution in [0.25, 0.3) is 0 Å². The number of anilines is 3. The average molecular weight is 437 g/mol. The summed E-state index contributed by atoms with van der Waals surface area (Å²) in [5, 5.41) is 9.60. The number of aryl methyl sites for hydroxylation is 2. The molecule has 2 aliphatic rings. The summed E-state index contributed by atoms with van der Waals surface area (Å²) < 4.78 is 0. The van der Waals surface area contributed by atoms with Gasteiger partial charge < -0.3 is 20.9 Å². The van der Waals surface area contributed by atoms with Crippen molar-refractivity contribution in [2.24, 2.45) is 5.92 Å². The molecule has 1 aromatic carbocycles. The Morgan fingerprint density at radius 1 is 1.06 bits per heavy atom. The average Bonchev–Trinajstić information content (AvgIpc) is 2.79. The first-order valence-corrected chi connectivity index (χ1v) is 11.9. The SMILES string of the molecule is Cc1ccccc1NC(=O)NCC1CCC(Nc2nc3c(c(N(C)C)n2)CCCC3)CC1. The Morgan fingerprint density at radius 2 is 1.81 bits per heavy atom. The van der Waals surface area contributed by atoms with E-state index in [-0.39, 0.29) is 6.03 Å². The van der Waals surface area contributed by atoms with Gasteiger partial charge in [0.05, 0.1) is 5.69 Å². The second kappa shape index (κ2) is 10.2. The van der Waals surface area contributed by atoms with Crippen LogP contribution in [0.2, 0.25) is 0 Å². The van der Waals surface area contributed by atoms with Gasteiger partial charge in [0.15, 0.2) is 0 Å². The van der Waals surface area contributed by atoms with Gasteiger partial charge in [-0.25, -0.2) is 9.78 Å². The number of amides is 2. The maximum absolute atomic E-state index is 12.3. The number of fused-ring (bicyclic) bond motifs is 1. The number of carbonyl (C=O) groups excluding carboxylic acids is 1. The summed E-state index contributed by atoms with van der Waals surface area (Å²) >= 11 is 0. The van der Waals surface area contributed by atoms with Crippen molar-refractivity contribution in [2.45, 2.75) is 64.3 Å². The number of benzene rings is 1. The second-order valence-corrected chi connectivity index (χ2v) is 9.41. The third kappa shape index (κ3) is 5.50. The van der Waals surface area contributed by atoms with Crippen LogP contribution in [0.5, 0.6) is 0 Å². The fourth-order valence-electron chi connectivity index (χ4n) is 4.82. The van der Waals surface area contributed by atoms with E-state index in [9.17, 15) is 4.79 Å². The van der Waals surface area contributed by atoms with Gasteiger partial charge in [-0.3, -0.25) is 0 Å².